The molecule has 0 N–H and O–H groups in total. The Balaban J connectivity index is 3.12. The van der Waals surface area contributed by atoms with E-state index in [1.165, 1.54) is 0 Å². The second-order valence-electron chi connectivity index (χ2n) is 5.05. The lowest BCUT2D eigenvalue weighted by Crippen LogP contribution is -2.17. The van der Waals surface area contributed by atoms with Gasteiger partial charge in [-0.3, -0.25) is 0 Å². The number of hydrogen-bond acceptors (Lipinski definition) is 4. The fourth-order valence-corrected chi connectivity index (χ4v) is 3.07. The second-order valence-corrected chi connectivity index (χ2v) is 8.40. The summed E-state index contributed by atoms with van der Waals surface area (Å²) >= 11 is 11.8. The van der Waals surface area contributed by atoms with Crippen molar-refractivity contribution in [3.8, 4) is 0 Å². The minimum atomic E-state index is -4.02. The molecule has 0 spiro atoms. The first kappa shape index (κ1) is 18.6. The van der Waals surface area contributed by atoms with E-state index in [1.54, 1.807) is 6.92 Å². The van der Waals surface area contributed by atoms with E-state index in [0.29, 0.717) is 12.3 Å². The molecule has 1 aromatic carbocycles. The van der Waals surface area contributed by atoms with E-state index in [0.717, 1.165) is 12.1 Å². The SMILES string of the molecule is CC(C)CC(C)OC(=O)c1cc(S(=O)(=O)Cl)cc(Cl)c1Cl. The molecule has 0 bridgehead atoms. The lowest BCUT2D eigenvalue weighted by atomic mass is 10.1. The highest BCUT2D eigenvalue weighted by atomic mass is 35.7. The van der Waals surface area contributed by atoms with Crippen LogP contribution in [0.15, 0.2) is 17.0 Å². The smallest absolute Gasteiger partial charge is 0.340 e. The maximum atomic E-state index is 12.1. The number of carbonyl (C=O) groups excluding carboxylic acids is 1. The lowest BCUT2D eigenvalue weighted by Gasteiger charge is -2.16. The van der Waals surface area contributed by atoms with Crippen molar-refractivity contribution in [3.05, 3.63) is 27.7 Å². The van der Waals surface area contributed by atoms with E-state index in [1.807, 2.05) is 13.8 Å². The molecule has 1 unspecified atom stereocenters. The summed E-state index contributed by atoms with van der Waals surface area (Å²) in [6.07, 6.45) is 0.341. The van der Waals surface area contributed by atoms with Gasteiger partial charge < -0.3 is 4.74 Å². The predicted octanol–water partition coefficient (Wildman–Crippen LogP) is 4.51. The van der Waals surface area contributed by atoms with E-state index in [4.69, 9.17) is 38.6 Å². The largest absolute Gasteiger partial charge is 0.459 e. The first-order valence-electron chi connectivity index (χ1n) is 6.17. The number of halogens is 3. The molecule has 0 amide bonds. The molecular weight excluding hydrogens is 359 g/mol. The quantitative estimate of drug-likeness (QED) is 0.562. The van der Waals surface area contributed by atoms with Gasteiger partial charge in [-0.2, -0.15) is 0 Å². The summed E-state index contributed by atoms with van der Waals surface area (Å²) in [5.74, 6) is -0.390. The van der Waals surface area contributed by atoms with Crippen molar-refractivity contribution in [2.75, 3.05) is 0 Å². The molecule has 1 atom stereocenters. The van der Waals surface area contributed by atoms with E-state index in [-0.39, 0.29) is 26.6 Å². The number of ether oxygens (including phenoxy) is 1. The Morgan fingerprint density at radius 2 is 1.81 bits per heavy atom. The van der Waals surface area contributed by atoms with Crippen LogP contribution in [0.2, 0.25) is 10.0 Å². The zero-order valence-electron chi connectivity index (χ0n) is 11.7. The van der Waals surface area contributed by atoms with Crippen LogP contribution < -0.4 is 0 Å². The predicted molar refractivity (Wildman–Crippen MR) is 83.8 cm³/mol. The van der Waals surface area contributed by atoms with Crippen LogP contribution in [0.4, 0.5) is 0 Å². The normalized spacial score (nSPS) is 13.3. The standard InChI is InChI=1S/C13H15Cl3O4S/c1-7(2)4-8(3)20-13(17)10-5-9(21(16,18)19)6-11(14)12(10)15/h5-8H,4H2,1-3H3. The lowest BCUT2D eigenvalue weighted by molar-refractivity contribution is 0.0299. The fraction of sp³-hybridized carbons (Fsp3) is 0.462. The number of rotatable bonds is 5. The third-order valence-corrected chi connectivity index (χ3v) is 4.75. The van der Waals surface area contributed by atoms with Crippen molar-refractivity contribution in [2.45, 2.75) is 38.2 Å². The van der Waals surface area contributed by atoms with Crippen LogP contribution in [-0.2, 0) is 13.8 Å². The summed E-state index contributed by atoms with van der Waals surface area (Å²) in [7, 11) is 1.23. The van der Waals surface area contributed by atoms with Crippen LogP contribution in [0.5, 0.6) is 0 Å². The minimum absolute atomic E-state index is 0.0671. The summed E-state index contributed by atoms with van der Waals surface area (Å²) < 4.78 is 27.9. The Kier molecular flexibility index (Phi) is 6.35. The van der Waals surface area contributed by atoms with Crippen LogP contribution in [0.1, 0.15) is 37.6 Å². The van der Waals surface area contributed by atoms with Gasteiger partial charge in [0, 0.05) is 10.7 Å². The zero-order valence-corrected chi connectivity index (χ0v) is 14.8. The molecule has 1 rings (SSSR count). The first-order valence-corrected chi connectivity index (χ1v) is 9.23. The van der Waals surface area contributed by atoms with Crippen LogP contribution in [0.25, 0.3) is 0 Å². The summed E-state index contributed by atoms with van der Waals surface area (Å²) in [5.41, 5.74) is -0.126. The van der Waals surface area contributed by atoms with Gasteiger partial charge in [0.1, 0.15) is 0 Å². The number of hydrogen-bond donors (Lipinski definition) is 0. The Hall–Kier alpha value is -0.490. The minimum Gasteiger partial charge on any atom is -0.459 e. The first-order chi connectivity index (χ1) is 9.52. The van der Waals surface area contributed by atoms with Gasteiger partial charge in [-0.05, 0) is 31.4 Å². The Morgan fingerprint density at radius 3 is 2.29 bits per heavy atom. The van der Waals surface area contributed by atoms with Gasteiger partial charge in [0.15, 0.2) is 0 Å². The molecule has 0 aliphatic carbocycles. The van der Waals surface area contributed by atoms with Gasteiger partial charge in [0.25, 0.3) is 9.05 Å². The molecule has 1 aromatic rings. The van der Waals surface area contributed by atoms with E-state index in [2.05, 4.69) is 0 Å². The molecule has 0 saturated carbocycles. The zero-order chi connectivity index (χ0) is 16.4. The molecule has 0 saturated heterocycles. The van der Waals surface area contributed by atoms with Gasteiger partial charge >= 0.3 is 5.97 Å². The monoisotopic (exact) mass is 372 g/mol. The average Bonchev–Trinajstić information content (AvgIpc) is 2.29. The van der Waals surface area contributed by atoms with E-state index < -0.39 is 15.0 Å². The average molecular weight is 374 g/mol. The van der Waals surface area contributed by atoms with Gasteiger partial charge in [-0.1, -0.05) is 37.0 Å². The van der Waals surface area contributed by atoms with Gasteiger partial charge in [0.05, 0.1) is 26.6 Å². The van der Waals surface area contributed by atoms with Crippen LogP contribution in [0.3, 0.4) is 0 Å². The summed E-state index contributed by atoms with van der Waals surface area (Å²) in [4.78, 5) is 11.8. The Labute approximate surface area is 138 Å². The topological polar surface area (TPSA) is 60.4 Å². The molecule has 0 radical (unpaired) electrons. The summed E-state index contributed by atoms with van der Waals surface area (Å²) in [5, 5.41) is -0.149. The van der Waals surface area contributed by atoms with Crippen molar-refractivity contribution in [1.82, 2.24) is 0 Å². The molecule has 4 nitrogen and oxygen atoms in total. The molecule has 0 aliphatic rings. The van der Waals surface area contributed by atoms with Crippen molar-refractivity contribution < 1.29 is 17.9 Å². The van der Waals surface area contributed by atoms with Crippen molar-refractivity contribution in [3.63, 3.8) is 0 Å². The van der Waals surface area contributed by atoms with Crippen molar-refractivity contribution in [1.29, 1.82) is 0 Å². The van der Waals surface area contributed by atoms with Gasteiger partial charge in [0.2, 0.25) is 0 Å². The molecule has 0 aromatic heterocycles. The molecule has 0 fully saturated rings. The fourth-order valence-electron chi connectivity index (χ4n) is 1.81. The Bertz CT molecular complexity index is 641. The maximum absolute atomic E-state index is 12.1. The van der Waals surface area contributed by atoms with Crippen molar-refractivity contribution in [2.24, 2.45) is 5.92 Å². The highest BCUT2D eigenvalue weighted by Gasteiger charge is 2.22. The maximum Gasteiger partial charge on any atom is 0.340 e. The van der Waals surface area contributed by atoms with E-state index >= 15 is 0 Å². The van der Waals surface area contributed by atoms with E-state index in [9.17, 15) is 13.2 Å². The summed E-state index contributed by atoms with van der Waals surface area (Å²) in [6, 6.07) is 2.14. The number of benzene rings is 1. The molecular formula is C13H15Cl3O4S. The summed E-state index contributed by atoms with van der Waals surface area (Å²) in [6.45, 7) is 5.74. The molecule has 8 heteroatoms. The Morgan fingerprint density at radius 1 is 1.24 bits per heavy atom. The molecule has 0 heterocycles. The molecule has 0 aliphatic heterocycles. The van der Waals surface area contributed by atoms with Crippen LogP contribution >= 0.6 is 33.9 Å². The van der Waals surface area contributed by atoms with Crippen LogP contribution in [0, 0.1) is 5.92 Å². The van der Waals surface area contributed by atoms with Gasteiger partial charge in [-0.25, -0.2) is 13.2 Å². The highest BCUT2D eigenvalue weighted by Crippen LogP contribution is 2.31. The molecule has 21 heavy (non-hydrogen) atoms. The third kappa shape index (κ3) is 5.33. The second kappa shape index (κ2) is 7.18. The highest BCUT2D eigenvalue weighted by molar-refractivity contribution is 8.13. The molecule has 118 valence electrons. The number of carbonyl (C=O) groups is 1. The van der Waals surface area contributed by atoms with Gasteiger partial charge in [-0.15, -0.1) is 0 Å². The third-order valence-electron chi connectivity index (χ3n) is 2.61. The number of esters is 1. The van der Waals surface area contributed by atoms with Crippen molar-refractivity contribution >= 4 is 48.9 Å². The van der Waals surface area contributed by atoms with Crippen LogP contribution in [-0.4, -0.2) is 20.5 Å².